The highest BCUT2D eigenvalue weighted by Crippen LogP contribution is 2.65. The highest BCUT2D eigenvalue weighted by Gasteiger charge is 2.60. The molecule has 1 aromatic rings. The first-order valence-electron chi connectivity index (χ1n) is 5.98. The summed E-state index contributed by atoms with van der Waals surface area (Å²) in [4.78, 5) is 2.50. The van der Waals surface area contributed by atoms with Crippen molar-refractivity contribution < 1.29 is 4.74 Å². The number of nitrogens with zero attached hydrogens (tertiary/aromatic N) is 1. The molecule has 1 aromatic carbocycles. The smallest absolute Gasteiger partial charge is 0.118 e. The van der Waals surface area contributed by atoms with Gasteiger partial charge < -0.3 is 4.74 Å². The molecule has 0 N–H and O–H groups in total. The van der Waals surface area contributed by atoms with Gasteiger partial charge in [-0.25, -0.2) is 0 Å². The fourth-order valence-corrected chi connectivity index (χ4v) is 3.38. The van der Waals surface area contributed by atoms with E-state index in [2.05, 4.69) is 43.1 Å². The number of hydrogen-bond acceptors (Lipinski definition) is 2. The van der Waals surface area contributed by atoms with Crippen LogP contribution in [0.5, 0.6) is 5.75 Å². The molecule has 0 aromatic heterocycles. The van der Waals surface area contributed by atoms with E-state index in [-0.39, 0.29) is 0 Å². The first kappa shape index (κ1) is 10.2. The number of rotatable bonds is 2. The van der Waals surface area contributed by atoms with Crippen molar-refractivity contribution in [1.82, 2.24) is 4.90 Å². The van der Waals surface area contributed by atoms with Crippen LogP contribution in [0.15, 0.2) is 24.3 Å². The monoisotopic (exact) mass is 217 g/mol. The van der Waals surface area contributed by atoms with Crippen LogP contribution >= 0.6 is 0 Å². The van der Waals surface area contributed by atoms with E-state index in [9.17, 15) is 0 Å². The number of benzene rings is 1. The molecule has 2 fully saturated rings. The lowest BCUT2D eigenvalue weighted by atomic mass is 10.0. The van der Waals surface area contributed by atoms with Gasteiger partial charge in [0.1, 0.15) is 5.75 Å². The maximum atomic E-state index is 5.20. The number of likely N-dealkylation sites (tertiary alicyclic amines) is 1. The molecule has 3 rings (SSSR count). The average molecular weight is 217 g/mol. The predicted octanol–water partition coefficient (Wildman–Crippen LogP) is 2.71. The Labute approximate surface area is 97.2 Å². The van der Waals surface area contributed by atoms with Gasteiger partial charge in [-0.15, -0.1) is 0 Å². The first-order valence-corrected chi connectivity index (χ1v) is 5.98. The van der Waals surface area contributed by atoms with E-state index >= 15 is 0 Å². The fraction of sp³-hybridized carbons (Fsp3) is 0.571. The molecule has 1 saturated heterocycles. The van der Waals surface area contributed by atoms with Crippen molar-refractivity contribution in [1.29, 1.82) is 0 Å². The van der Waals surface area contributed by atoms with E-state index in [1.54, 1.807) is 7.11 Å². The number of ether oxygens (including phenoxy) is 1. The van der Waals surface area contributed by atoms with Crippen molar-refractivity contribution in [2.24, 2.45) is 11.3 Å². The summed E-state index contributed by atoms with van der Waals surface area (Å²) in [6, 6.07) is 9.19. The van der Waals surface area contributed by atoms with E-state index in [1.165, 1.54) is 18.5 Å². The number of piperidine rings is 1. The van der Waals surface area contributed by atoms with E-state index in [0.29, 0.717) is 11.5 Å². The second kappa shape index (κ2) is 3.24. The molecule has 1 heterocycles. The molecule has 0 bridgehead atoms. The van der Waals surface area contributed by atoms with Crippen LogP contribution in [0.3, 0.4) is 0 Å². The Hall–Kier alpha value is -1.02. The minimum absolute atomic E-state index is 0.597. The van der Waals surface area contributed by atoms with Gasteiger partial charge in [0.15, 0.2) is 0 Å². The largest absolute Gasteiger partial charge is 0.497 e. The second-order valence-electron chi connectivity index (χ2n) is 5.60. The summed E-state index contributed by atoms with van der Waals surface area (Å²) >= 11 is 0. The van der Waals surface area contributed by atoms with Gasteiger partial charge in [0.2, 0.25) is 0 Å². The second-order valence-corrected chi connectivity index (χ2v) is 5.60. The van der Waals surface area contributed by atoms with Crippen LogP contribution in [-0.2, 0) is 0 Å². The molecule has 2 heteroatoms. The predicted molar refractivity (Wildman–Crippen MR) is 64.6 cm³/mol. The van der Waals surface area contributed by atoms with Gasteiger partial charge in [0.05, 0.1) is 7.11 Å². The molecule has 16 heavy (non-hydrogen) atoms. The van der Waals surface area contributed by atoms with Crippen molar-refractivity contribution in [2.75, 3.05) is 20.7 Å². The lowest BCUT2D eigenvalue weighted by Crippen LogP contribution is -2.22. The van der Waals surface area contributed by atoms with Crippen molar-refractivity contribution in [2.45, 2.75) is 19.4 Å². The Morgan fingerprint density at radius 1 is 1.31 bits per heavy atom. The summed E-state index contributed by atoms with van der Waals surface area (Å²) < 4.78 is 5.20. The molecule has 3 atom stereocenters. The quantitative estimate of drug-likeness (QED) is 0.755. The van der Waals surface area contributed by atoms with E-state index in [4.69, 9.17) is 4.74 Å². The minimum atomic E-state index is 0.597. The van der Waals surface area contributed by atoms with Crippen molar-refractivity contribution >= 4 is 0 Å². The van der Waals surface area contributed by atoms with Crippen molar-refractivity contribution in [3.63, 3.8) is 0 Å². The highest BCUT2D eigenvalue weighted by atomic mass is 16.5. The van der Waals surface area contributed by atoms with E-state index < -0.39 is 0 Å². The number of methoxy groups -OCH3 is 1. The van der Waals surface area contributed by atoms with Gasteiger partial charge in [-0.05, 0) is 42.5 Å². The summed E-state index contributed by atoms with van der Waals surface area (Å²) in [5, 5.41) is 0. The van der Waals surface area contributed by atoms with Crippen LogP contribution in [0, 0.1) is 11.3 Å². The SMILES string of the molecule is COc1ccc([C@@H]2[C@@H]3C[C@]3(C)CN2C)cc1. The summed E-state index contributed by atoms with van der Waals surface area (Å²) in [7, 11) is 3.96. The summed E-state index contributed by atoms with van der Waals surface area (Å²) in [6.07, 6.45) is 1.40. The van der Waals surface area contributed by atoms with Crippen LogP contribution < -0.4 is 4.74 Å². The van der Waals surface area contributed by atoms with Gasteiger partial charge in [-0.1, -0.05) is 19.1 Å². The maximum absolute atomic E-state index is 5.20. The van der Waals surface area contributed by atoms with E-state index in [1.807, 2.05) is 0 Å². The van der Waals surface area contributed by atoms with Crippen LogP contribution in [0.4, 0.5) is 0 Å². The maximum Gasteiger partial charge on any atom is 0.118 e. The topological polar surface area (TPSA) is 12.5 Å². The van der Waals surface area contributed by atoms with Crippen LogP contribution in [-0.4, -0.2) is 25.6 Å². The van der Waals surface area contributed by atoms with Crippen molar-refractivity contribution in [3.05, 3.63) is 29.8 Å². The highest BCUT2D eigenvalue weighted by molar-refractivity contribution is 5.32. The van der Waals surface area contributed by atoms with Crippen molar-refractivity contribution in [3.8, 4) is 5.75 Å². The third kappa shape index (κ3) is 1.36. The van der Waals surface area contributed by atoms with Gasteiger partial charge >= 0.3 is 0 Å². The van der Waals surface area contributed by atoms with Gasteiger partial charge in [-0.3, -0.25) is 4.90 Å². The Morgan fingerprint density at radius 2 is 2.00 bits per heavy atom. The normalized spacial score (nSPS) is 37.2. The molecule has 86 valence electrons. The van der Waals surface area contributed by atoms with Gasteiger partial charge in [0, 0.05) is 12.6 Å². The zero-order valence-corrected chi connectivity index (χ0v) is 10.2. The number of hydrogen-bond donors (Lipinski definition) is 0. The average Bonchev–Trinajstić information content (AvgIpc) is 2.83. The summed E-state index contributed by atoms with van der Waals surface area (Å²) in [6.45, 7) is 3.66. The zero-order valence-electron chi connectivity index (χ0n) is 10.2. The molecule has 0 unspecified atom stereocenters. The molecule has 0 spiro atoms. The first-order chi connectivity index (χ1) is 7.64. The molecule has 2 aliphatic rings. The Kier molecular flexibility index (Phi) is 2.05. The molecule has 1 aliphatic carbocycles. The summed E-state index contributed by atoms with van der Waals surface area (Å²) in [5.74, 6) is 1.81. The molecule has 0 amide bonds. The summed E-state index contributed by atoms with van der Waals surface area (Å²) in [5.41, 5.74) is 2.04. The Bertz CT molecular complexity index is 400. The lowest BCUT2D eigenvalue weighted by molar-refractivity contribution is 0.265. The minimum Gasteiger partial charge on any atom is -0.497 e. The molecule has 0 radical (unpaired) electrons. The molecular weight excluding hydrogens is 198 g/mol. The van der Waals surface area contributed by atoms with Crippen LogP contribution in [0.2, 0.25) is 0 Å². The standard InChI is InChI=1S/C14H19NO/c1-14-8-12(14)13(15(2)9-14)10-4-6-11(16-3)7-5-10/h4-7,12-13H,8-9H2,1-3H3/t12-,13+,14+/m0/s1. The van der Waals surface area contributed by atoms with Gasteiger partial charge in [-0.2, -0.15) is 0 Å². The van der Waals surface area contributed by atoms with Crippen LogP contribution in [0.1, 0.15) is 24.9 Å². The molecule has 1 saturated carbocycles. The molecule has 2 nitrogen and oxygen atoms in total. The van der Waals surface area contributed by atoms with Crippen LogP contribution in [0.25, 0.3) is 0 Å². The molecule has 1 aliphatic heterocycles. The Morgan fingerprint density at radius 3 is 2.50 bits per heavy atom. The third-order valence-corrected chi connectivity index (χ3v) is 4.35. The fourth-order valence-electron chi connectivity index (χ4n) is 3.38. The van der Waals surface area contributed by atoms with Gasteiger partial charge in [0.25, 0.3) is 0 Å². The lowest BCUT2D eigenvalue weighted by Gasteiger charge is -2.23. The Balaban J connectivity index is 1.87. The molecular formula is C14H19NO. The zero-order chi connectivity index (χ0) is 11.3. The van der Waals surface area contributed by atoms with E-state index in [0.717, 1.165) is 11.7 Å². The number of fused-ring (bicyclic) bond motifs is 1. The third-order valence-electron chi connectivity index (χ3n) is 4.35.